The molecule has 0 spiro atoms. The summed E-state index contributed by atoms with van der Waals surface area (Å²) in [5, 5.41) is 0. The number of benzene rings is 2. The van der Waals surface area contributed by atoms with Gasteiger partial charge in [0.15, 0.2) is 0 Å². The van der Waals surface area contributed by atoms with E-state index in [2.05, 4.69) is 55.0 Å². The third kappa shape index (κ3) is 1.91. The van der Waals surface area contributed by atoms with Crippen molar-refractivity contribution in [2.75, 3.05) is 0 Å². The van der Waals surface area contributed by atoms with Gasteiger partial charge in [0.1, 0.15) is 0 Å². The first kappa shape index (κ1) is 10.6. The van der Waals surface area contributed by atoms with Crippen LogP contribution in [0.4, 0.5) is 0 Å². The van der Waals surface area contributed by atoms with Crippen molar-refractivity contribution in [2.24, 2.45) is 0 Å². The fraction of sp³-hybridized carbons (Fsp3) is 0. The predicted octanol–water partition coefficient (Wildman–Crippen LogP) is 3.15. The molecule has 0 amide bonds. The topological polar surface area (TPSA) is 17.1 Å². The van der Waals surface area contributed by atoms with Gasteiger partial charge in [-0.2, -0.15) is 0 Å². The van der Waals surface area contributed by atoms with E-state index < -0.39 is 0 Å². The Morgan fingerprint density at radius 1 is 0.667 bits per heavy atom. The zero-order chi connectivity index (χ0) is 10.7. The van der Waals surface area contributed by atoms with Crippen molar-refractivity contribution in [3.63, 3.8) is 0 Å². The standard InChI is InChI=1S/C13H9.Hf.O/c1-3-7-12-10(5-1)9-11-6-2-4-8-13(11)12;;/h1-9H;;. The van der Waals surface area contributed by atoms with Crippen LogP contribution in [0.1, 0.15) is 11.1 Å². The van der Waals surface area contributed by atoms with Crippen LogP contribution < -0.4 is 0 Å². The summed E-state index contributed by atoms with van der Waals surface area (Å²) in [5.74, 6) is 0. The molecular formula is C13H9HfO. The molecule has 0 aromatic heterocycles. The number of fused-ring (bicyclic) bond motifs is 3. The van der Waals surface area contributed by atoms with Crippen LogP contribution in [0, 0.1) is 6.42 Å². The van der Waals surface area contributed by atoms with Crippen LogP contribution in [-0.4, -0.2) is 0 Å². The second-order valence-corrected chi connectivity index (χ2v) is 3.32. The Kier molecular flexibility index (Phi) is 3.37. The molecule has 0 bridgehead atoms. The van der Waals surface area contributed by atoms with Crippen molar-refractivity contribution in [3.8, 4) is 11.1 Å². The van der Waals surface area contributed by atoms with Gasteiger partial charge in [-0.05, 0) is 22.3 Å². The van der Waals surface area contributed by atoms with Crippen molar-refractivity contribution < 1.29 is 27.2 Å². The van der Waals surface area contributed by atoms with E-state index in [4.69, 9.17) is 2.85 Å². The van der Waals surface area contributed by atoms with E-state index in [9.17, 15) is 0 Å². The van der Waals surface area contributed by atoms with E-state index in [-0.39, 0.29) is 24.4 Å². The van der Waals surface area contributed by atoms with E-state index in [0.717, 1.165) is 0 Å². The van der Waals surface area contributed by atoms with E-state index >= 15 is 0 Å². The first-order valence-electron chi connectivity index (χ1n) is 4.69. The van der Waals surface area contributed by atoms with E-state index in [0.29, 0.717) is 0 Å². The average molecular weight is 360 g/mol. The summed E-state index contributed by atoms with van der Waals surface area (Å²) in [6.45, 7) is 0. The van der Waals surface area contributed by atoms with Gasteiger partial charge >= 0.3 is 27.2 Å². The van der Waals surface area contributed by atoms with Gasteiger partial charge in [0.25, 0.3) is 0 Å². The normalized spacial score (nSPS) is 10.9. The quantitative estimate of drug-likeness (QED) is 0.564. The molecule has 3 rings (SSSR count). The average Bonchev–Trinajstić information content (AvgIpc) is 2.70. The molecule has 1 aliphatic rings. The van der Waals surface area contributed by atoms with Crippen molar-refractivity contribution in [3.05, 3.63) is 66.1 Å². The molecule has 2 aromatic carbocycles. The Balaban J connectivity index is 0.000000404. The minimum atomic E-state index is 0.0556. The number of rotatable bonds is 0. The second-order valence-electron chi connectivity index (χ2n) is 3.32. The summed E-state index contributed by atoms with van der Waals surface area (Å²) < 4.78 is 8.39. The zero-order valence-electron chi connectivity index (χ0n) is 8.10. The van der Waals surface area contributed by atoms with Crippen LogP contribution in [0.3, 0.4) is 0 Å². The molecule has 1 radical (unpaired) electrons. The Labute approximate surface area is 104 Å². The van der Waals surface area contributed by atoms with Crippen LogP contribution in [0.15, 0.2) is 48.5 Å². The van der Waals surface area contributed by atoms with Gasteiger partial charge in [-0.15, -0.1) is 0 Å². The van der Waals surface area contributed by atoms with Gasteiger partial charge < -0.3 is 0 Å². The maximum atomic E-state index is 8.39. The third-order valence-electron chi connectivity index (χ3n) is 2.52. The van der Waals surface area contributed by atoms with Crippen molar-refractivity contribution in [1.29, 1.82) is 0 Å². The Hall–Kier alpha value is -0.890. The van der Waals surface area contributed by atoms with Crippen molar-refractivity contribution >= 4 is 0 Å². The fourth-order valence-electron chi connectivity index (χ4n) is 1.90. The first-order valence-corrected chi connectivity index (χ1v) is 6.15. The molecule has 0 fully saturated rings. The molecule has 0 aliphatic heterocycles. The Morgan fingerprint density at radius 3 is 1.53 bits per heavy atom. The van der Waals surface area contributed by atoms with Crippen LogP contribution >= 0.6 is 0 Å². The van der Waals surface area contributed by atoms with Crippen LogP contribution in [0.25, 0.3) is 11.1 Å². The van der Waals surface area contributed by atoms with Gasteiger partial charge in [-0.3, -0.25) is 0 Å². The molecule has 71 valence electrons. The van der Waals surface area contributed by atoms with Crippen molar-refractivity contribution in [2.45, 2.75) is 0 Å². The summed E-state index contributed by atoms with van der Waals surface area (Å²) >= 11 is 0.0556. The summed E-state index contributed by atoms with van der Waals surface area (Å²) in [5.41, 5.74) is 5.39. The molecule has 2 heteroatoms. The zero-order valence-corrected chi connectivity index (χ0v) is 11.7. The maximum absolute atomic E-state index is 8.39. The second kappa shape index (κ2) is 4.75. The molecule has 0 saturated carbocycles. The SMILES string of the molecule is [CH]1c2ccccc2-c2ccccc21.[O]=[Hf]. The molecule has 0 heterocycles. The van der Waals surface area contributed by atoms with Crippen LogP contribution in [0.2, 0.25) is 0 Å². The van der Waals surface area contributed by atoms with Gasteiger partial charge in [0, 0.05) is 6.42 Å². The molecular weight excluding hydrogens is 351 g/mol. The summed E-state index contributed by atoms with van der Waals surface area (Å²) in [6, 6.07) is 17.0. The van der Waals surface area contributed by atoms with E-state index in [1.54, 1.807) is 0 Å². The summed E-state index contributed by atoms with van der Waals surface area (Å²) in [4.78, 5) is 0. The monoisotopic (exact) mass is 361 g/mol. The molecule has 0 N–H and O–H groups in total. The van der Waals surface area contributed by atoms with Gasteiger partial charge in [0.05, 0.1) is 0 Å². The molecule has 15 heavy (non-hydrogen) atoms. The summed E-state index contributed by atoms with van der Waals surface area (Å²) in [6.07, 6.45) is 2.24. The molecule has 1 nitrogen and oxygen atoms in total. The molecule has 2 aromatic rings. The predicted molar refractivity (Wildman–Crippen MR) is 55.1 cm³/mol. The number of hydrogen-bond donors (Lipinski definition) is 0. The van der Waals surface area contributed by atoms with E-state index in [1.165, 1.54) is 22.3 Å². The molecule has 0 atom stereocenters. The van der Waals surface area contributed by atoms with E-state index in [1.807, 2.05) is 0 Å². The summed E-state index contributed by atoms with van der Waals surface area (Å²) in [7, 11) is 0. The number of hydrogen-bond acceptors (Lipinski definition) is 1. The minimum absolute atomic E-state index is 0.0556. The van der Waals surface area contributed by atoms with Crippen molar-refractivity contribution in [1.82, 2.24) is 0 Å². The third-order valence-corrected chi connectivity index (χ3v) is 2.52. The van der Waals surface area contributed by atoms with Crippen LogP contribution in [0.5, 0.6) is 0 Å². The molecule has 0 saturated heterocycles. The van der Waals surface area contributed by atoms with Crippen LogP contribution in [-0.2, 0) is 27.2 Å². The Morgan fingerprint density at radius 2 is 1.07 bits per heavy atom. The van der Waals surface area contributed by atoms with Gasteiger partial charge in [-0.25, -0.2) is 0 Å². The molecule has 0 unspecified atom stereocenters. The fourth-order valence-corrected chi connectivity index (χ4v) is 1.90. The Bertz CT molecular complexity index is 436. The van der Waals surface area contributed by atoms with Gasteiger partial charge in [-0.1, -0.05) is 48.5 Å². The first-order chi connectivity index (χ1) is 7.45. The van der Waals surface area contributed by atoms with Gasteiger partial charge in [0.2, 0.25) is 0 Å². The molecule has 1 aliphatic carbocycles.